The molecule has 8 heteroatoms. The first-order chi connectivity index (χ1) is 18.8. The predicted octanol–water partition coefficient (Wildman–Crippen LogP) is 6.02. The number of unbranched alkanes of at least 4 members (excludes halogenated alkanes) is 2. The number of likely N-dealkylation sites (tertiary alicyclic amines) is 2. The molecule has 0 bridgehead atoms. The van der Waals surface area contributed by atoms with Gasteiger partial charge in [0.2, 0.25) is 0 Å². The Morgan fingerprint density at radius 1 is 0.692 bits per heavy atom. The van der Waals surface area contributed by atoms with Gasteiger partial charge in [0.05, 0.1) is 25.0 Å². The number of halogens is 2. The van der Waals surface area contributed by atoms with Crippen LogP contribution in [0.2, 0.25) is 10.0 Å². The lowest BCUT2D eigenvalue weighted by Crippen LogP contribution is -2.41. The molecule has 2 aromatic carbocycles. The maximum absolute atomic E-state index is 13.0. The van der Waals surface area contributed by atoms with Crippen molar-refractivity contribution in [1.29, 1.82) is 0 Å². The van der Waals surface area contributed by atoms with Gasteiger partial charge in [0, 0.05) is 23.1 Å². The van der Waals surface area contributed by atoms with Gasteiger partial charge < -0.3 is 19.3 Å². The minimum absolute atomic E-state index is 0.136. The molecule has 4 rings (SSSR count). The molecular formula is C31H40Cl2N2O4. The van der Waals surface area contributed by atoms with Crippen LogP contribution in [0.25, 0.3) is 0 Å². The van der Waals surface area contributed by atoms with Gasteiger partial charge in [-0.3, -0.25) is 9.59 Å². The van der Waals surface area contributed by atoms with Gasteiger partial charge in [0.15, 0.2) is 0 Å². The van der Waals surface area contributed by atoms with Crippen LogP contribution in [0.4, 0.5) is 0 Å². The van der Waals surface area contributed by atoms with Gasteiger partial charge in [-0.2, -0.15) is 0 Å². The number of carbonyl (C=O) groups excluding carboxylic acids is 2. The molecular weight excluding hydrogens is 535 g/mol. The molecule has 0 amide bonds. The Morgan fingerprint density at radius 2 is 1.08 bits per heavy atom. The highest BCUT2D eigenvalue weighted by Crippen LogP contribution is 2.35. The summed E-state index contributed by atoms with van der Waals surface area (Å²) in [4.78, 5) is 30.3. The van der Waals surface area contributed by atoms with E-state index < -0.39 is 0 Å². The summed E-state index contributed by atoms with van der Waals surface area (Å²) in [6, 6.07) is 15.6. The van der Waals surface area contributed by atoms with Crippen LogP contribution >= 0.6 is 23.2 Å². The van der Waals surface area contributed by atoms with Crippen molar-refractivity contribution in [3.63, 3.8) is 0 Å². The molecule has 1 unspecified atom stereocenters. The standard InChI is InChI=1S/C31H40Cl2N2O4/c1-34-16-14-26(22-6-10-24(32)11-7-22)28(20-34)30(36)38-18-4-3-5-19-39-31(37)29-21-35(2)17-15-27(29)23-8-12-25(33)13-9-23/h6-13,26-29H,3-5,14-21H2,1-2H3/t26-,27-,28+,29?/m1/s1. The lowest BCUT2D eigenvalue weighted by Gasteiger charge is -2.35. The zero-order valence-electron chi connectivity index (χ0n) is 23.0. The maximum atomic E-state index is 13.0. The average Bonchev–Trinajstić information content (AvgIpc) is 2.93. The fourth-order valence-electron chi connectivity index (χ4n) is 5.87. The smallest absolute Gasteiger partial charge is 0.310 e. The van der Waals surface area contributed by atoms with Gasteiger partial charge in [-0.25, -0.2) is 0 Å². The summed E-state index contributed by atoms with van der Waals surface area (Å²) >= 11 is 12.1. The molecule has 2 saturated heterocycles. The van der Waals surface area contributed by atoms with Crippen molar-refractivity contribution in [3.05, 3.63) is 69.7 Å². The zero-order chi connectivity index (χ0) is 27.8. The molecule has 2 aromatic rings. The van der Waals surface area contributed by atoms with Gasteiger partial charge in [0.1, 0.15) is 0 Å². The first-order valence-electron chi connectivity index (χ1n) is 14.0. The van der Waals surface area contributed by atoms with E-state index in [9.17, 15) is 9.59 Å². The van der Waals surface area contributed by atoms with E-state index in [0.29, 0.717) is 36.3 Å². The molecule has 4 atom stereocenters. The van der Waals surface area contributed by atoms with Crippen LogP contribution in [-0.4, -0.2) is 75.2 Å². The average molecular weight is 576 g/mol. The molecule has 2 aliphatic heterocycles. The highest BCUT2D eigenvalue weighted by Gasteiger charge is 2.36. The summed E-state index contributed by atoms with van der Waals surface area (Å²) in [7, 11) is 4.09. The van der Waals surface area contributed by atoms with Crippen molar-refractivity contribution >= 4 is 35.1 Å². The van der Waals surface area contributed by atoms with Crippen molar-refractivity contribution in [2.45, 2.75) is 43.9 Å². The number of nitrogens with zero attached hydrogens (tertiary/aromatic N) is 2. The largest absolute Gasteiger partial charge is 0.465 e. The minimum atomic E-state index is -0.187. The molecule has 0 aromatic heterocycles. The third-order valence-corrected chi connectivity index (χ3v) is 8.61. The number of benzene rings is 2. The number of hydrogen-bond acceptors (Lipinski definition) is 6. The highest BCUT2D eigenvalue weighted by atomic mass is 35.5. The van der Waals surface area contributed by atoms with Crippen LogP contribution in [0, 0.1) is 11.8 Å². The van der Waals surface area contributed by atoms with Crippen LogP contribution in [0.15, 0.2) is 48.5 Å². The lowest BCUT2D eigenvalue weighted by atomic mass is 9.80. The van der Waals surface area contributed by atoms with Gasteiger partial charge in [-0.05, 0) is 107 Å². The predicted molar refractivity (Wildman–Crippen MR) is 155 cm³/mol. The summed E-state index contributed by atoms with van der Waals surface area (Å²) in [5, 5.41) is 1.40. The Hall–Kier alpha value is -2.12. The lowest BCUT2D eigenvalue weighted by molar-refractivity contribution is -0.151. The molecule has 0 saturated carbocycles. The molecule has 212 valence electrons. The number of piperidine rings is 2. The summed E-state index contributed by atoms with van der Waals surface area (Å²) in [5.41, 5.74) is 2.28. The Kier molecular flexibility index (Phi) is 11.1. The first kappa shape index (κ1) is 29.9. The van der Waals surface area contributed by atoms with Crippen LogP contribution < -0.4 is 0 Å². The molecule has 2 heterocycles. The van der Waals surface area contributed by atoms with E-state index in [-0.39, 0.29) is 35.6 Å². The van der Waals surface area contributed by atoms with E-state index in [4.69, 9.17) is 32.7 Å². The van der Waals surface area contributed by atoms with Crippen molar-refractivity contribution < 1.29 is 19.1 Å². The molecule has 0 N–H and O–H groups in total. The maximum Gasteiger partial charge on any atom is 0.310 e. The second kappa shape index (κ2) is 14.5. The van der Waals surface area contributed by atoms with E-state index >= 15 is 0 Å². The monoisotopic (exact) mass is 574 g/mol. The van der Waals surface area contributed by atoms with Crippen molar-refractivity contribution in [2.75, 3.05) is 53.5 Å². The van der Waals surface area contributed by atoms with E-state index in [2.05, 4.69) is 9.80 Å². The third-order valence-electron chi connectivity index (χ3n) is 8.11. The Labute approximate surface area is 242 Å². The summed E-state index contributed by atoms with van der Waals surface area (Å²) in [6.45, 7) is 4.05. The van der Waals surface area contributed by atoms with Crippen molar-refractivity contribution in [3.8, 4) is 0 Å². The minimum Gasteiger partial charge on any atom is -0.465 e. The quantitative estimate of drug-likeness (QED) is 0.255. The summed E-state index contributed by atoms with van der Waals surface area (Å²) in [6.07, 6.45) is 4.16. The molecule has 0 aliphatic carbocycles. The Morgan fingerprint density at radius 3 is 1.46 bits per heavy atom. The first-order valence-corrected chi connectivity index (χ1v) is 14.8. The number of rotatable bonds is 10. The SMILES string of the molecule is CN1CC[C@H](c2ccc(Cl)cc2)C(C(=O)OCCCCCOC(=O)[C@H]2CN(C)CC[C@@H]2c2ccc(Cl)cc2)C1. The number of esters is 2. The van der Waals surface area contributed by atoms with Crippen LogP contribution in [-0.2, 0) is 19.1 Å². The molecule has 2 fully saturated rings. The second-order valence-electron chi connectivity index (χ2n) is 11.0. The van der Waals surface area contributed by atoms with Crippen LogP contribution in [0.3, 0.4) is 0 Å². The number of ether oxygens (including phenoxy) is 2. The summed E-state index contributed by atoms with van der Waals surface area (Å²) in [5.74, 6) is -0.367. The van der Waals surface area contributed by atoms with Crippen LogP contribution in [0.5, 0.6) is 0 Å². The van der Waals surface area contributed by atoms with E-state index in [1.807, 2.05) is 62.6 Å². The molecule has 0 spiro atoms. The molecule has 6 nitrogen and oxygen atoms in total. The van der Waals surface area contributed by atoms with Crippen LogP contribution in [0.1, 0.15) is 55.1 Å². The number of hydrogen-bond donors (Lipinski definition) is 0. The van der Waals surface area contributed by atoms with E-state index in [1.54, 1.807) is 0 Å². The molecule has 2 aliphatic rings. The van der Waals surface area contributed by atoms with Crippen molar-refractivity contribution in [2.24, 2.45) is 11.8 Å². The number of carbonyl (C=O) groups is 2. The van der Waals surface area contributed by atoms with E-state index in [1.165, 1.54) is 0 Å². The second-order valence-corrected chi connectivity index (χ2v) is 11.9. The third kappa shape index (κ3) is 8.43. The van der Waals surface area contributed by atoms with Crippen molar-refractivity contribution in [1.82, 2.24) is 9.80 Å². The zero-order valence-corrected chi connectivity index (χ0v) is 24.5. The van der Waals surface area contributed by atoms with Gasteiger partial charge >= 0.3 is 11.9 Å². The van der Waals surface area contributed by atoms with E-state index in [0.717, 1.165) is 56.3 Å². The topological polar surface area (TPSA) is 59.1 Å². The molecule has 0 radical (unpaired) electrons. The Bertz CT molecular complexity index is 994. The van der Waals surface area contributed by atoms with Gasteiger partial charge in [-0.1, -0.05) is 47.5 Å². The Balaban J connectivity index is 1.18. The van der Waals surface area contributed by atoms with Gasteiger partial charge in [-0.15, -0.1) is 0 Å². The fourth-order valence-corrected chi connectivity index (χ4v) is 6.12. The fraction of sp³-hybridized carbons (Fsp3) is 0.548. The molecule has 39 heavy (non-hydrogen) atoms. The van der Waals surface area contributed by atoms with Gasteiger partial charge in [0.25, 0.3) is 0 Å². The summed E-state index contributed by atoms with van der Waals surface area (Å²) < 4.78 is 11.4. The highest BCUT2D eigenvalue weighted by molar-refractivity contribution is 6.30. The normalized spacial score (nSPS) is 24.3.